The van der Waals surface area contributed by atoms with E-state index in [-0.39, 0.29) is 60.1 Å². The summed E-state index contributed by atoms with van der Waals surface area (Å²) < 4.78 is 13.2. The molecule has 2 aliphatic heterocycles. The van der Waals surface area contributed by atoms with Crippen LogP contribution in [0.3, 0.4) is 0 Å². The molecular formula is C25H36Cl2N2O5. The number of aliphatic carboxylic acids is 1. The highest BCUT2D eigenvalue weighted by molar-refractivity contribution is 5.85. The Labute approximate surface area is 213 Å². The zero-order chi connectivity index (χ0) is 22.1. The summed E-state index contributed by atoms with van der Waals surface area (Å²) in [5.74, 6) is 0.950. The smallest absolute Gasteiger partial charge is 0.303 e. The minimum atomic E-state index is -0.760. The molecule has 2 bridgehead atoms. The molecule has 2 heterocycles. The molecule has 1 saturated heterocycles. The number of phenolic OH excluding ortho intramolecular Hbond substituents is 1. The Morgan fingerprint density at radius 2 is 2.06 bits per heavy atom. The minimum Gasteiger partial charge on any atom is -0.504 e. The summed E-state index contributed by atoms with van der Waals surface area (Å²) in [6, 6.07) is 4.32. The molecule has 190 valence electrons. The highest BCUT2D eigenvalue weighted by Gasteiger charge is 2.73. The average molecular weight is 515 g/mol. The van der Waals surface area contributed by atoms with Gasteiger partial charge in [-0.15, -0.1) is 24.8 Å². The van der Waals surface area contributed by atoms with E-state index in [0.29, 0.717) is 24.8 Å². The Hall–Kier alpha value is -1.25. The molecule has 3 N–H and O–H groups in total. The Morgan fingerprint density at radius 1 is 1.26 bits per heavy atom. The van der Waals surface area contributed by atoms with Crippen LogP contribution >= 0.6 is 24.8 Å². The second-order valence-corrected chi connectivity index (χ2v) is 10.6. The van der Waals surface area contributed by atoms with Gasteiger partial charge < -0.3 is 25.0 Å². The van der Waals surface area contributed by atoms with Crippen molar-refractivity contribution in [1.82, 2.24) is 10.2 Å². The lowest BCUT2D eigenvalue weighted by Crippen LogP contribution is -2.78. The van der Waals surface area contributed by atoms with Crippen molar-refractivity contribution in [1.29, 1.82) is 0 Å². The van der Waals surface area contributed by atoms with Gasteiger partial charge in [-0.05, 0) is 75.6 Å². The molecule has 3 fully saturated rings. The van der Waals surface area contributed by atoms with E-state index in [1.54, 1.807) is 6.07 Å². The molecule has 5 aliphatic rings. The first-order valence-corrected chi connectivity index (χ1v) is 12.3. The van der Waals surface area contributed by atoms with Gasteiger partial charge in [0.25, 0.3) is 0 Å². The first-order valence-electron chi connectivity index (χ1n) is 12.3. The zero-order valence-corrected chi connectivity index (χ0v) is 21.3. The van der Waals surface area contributed by atoms with Crippen molar-refractivity contribution >= 4 is 30.8 Å². The number of hydrogen-bond acceptors (Lipinski definition) is 6. The molecule has 5 atom stereocenters. The number of nitrogens with one attached hydrogen (secondary N) is 1. The van der Waals surface area contributed by atoms with Gasteiger partial charge in [0, 0.05) is 37.7 Å². The topological polar surface area (TPSA) is 91.3 Å². The fourth-order valence-corrected chi connectivity index (χ4v) is 7.61. The Balaban J connectivity index is 0.00000137. The first kappa shape index (κ1) is 25.8. The number of likely N-dealkylation sites (tertiary alicyclic amines) is 1. The van der Waals surface area contributed by atoms with Crippen molar-refractivity contribution in [3.63, 3.8) is 0 Å². The lowest BCUT2D eigenvalue weighted by atomic mass is 9.48. The summed E-state index contributed by atoms with van der Waals surface area (Å²) in [5, 5.41) is 23.4. The van der Waals surface area contributed by atoms with Crippen molar-refractivity contribution in [2.45, 2.75) is 80.6 Å². The van der Waals surface area contributed by atoms with Gasteiger partial charge in [0.15, 0.2) is 11.5 Å². The van der Waals surface area contributed by atoms with Crippen LogP contribution in [0.15, 0.2) is 12.1 Å². The quantitative estimate of drug-likeness (QED) is 0.458. The van der Waals surface area contributed by atoms with Crippen LogP contribution in [0.2, 0.25) is 0 Å². The van der Waals surface area contributed by atoms with Crippen LogP contribution in [0.4, 0.5) is 0 Å². The van der Waals surface area contributed by atoms with E-state index >= 15 is 0 Å². The number of hydrogen-bond donors (Lipinski definition) is 3. The number of nitrogens with zero attached hydrogens (tertiary/aromatic N) is 1. The Morgan fingerprint density at radius 3 is 2.76 bits per heavy atom. The summed E-state index contributed by atoms with van der Waals surface area (Å²) >= 11 is 0. The maximum absolute atomic E-state index is 10.9. The number of phenols is 1. The molecule has 7 nitrogen and oxygen atoms in total. The van der Waals surface area contributed by atoms with Crippen LogP contribution in [-0.2, 0) is 21.4 Å². The van der Waals surface area contributed by atoms with Crippen LogP contribution in [0.5, 0.6) is 11.5 Å². The van der Waals surface area contributed by atoms with Crippen LogP contribution in [0.25, 0.3) is 0 Å². The number of piperidine rings is 1. The lowest BCUT2D eigenvalue weighted by Gasteiger charge is -2.65. The fourth-order valence-electron chi connectivity index (χ4n) is 7.61. The Bertz CT molecular complexity index is 944. The van der Waals surface area contributed by atoms with E-state index in [1.807, 2.05) is 7.11 Å². The highest BCUT2D eigenvalue weighted by Crippen LogP contribution is 2.66. The van der Waals surface area contributed by atoms with Crippen LogP contribution < -0.4 is 10.1 Å². The molecule has 1 aromatic rings. The number of halogens is 2. The molecule has 2 saturated carbocycles. The third-order valence-corrected chi connectivity index (χ3v) is 9.06. The third kappa shape index (κ3) is 3.53. The van der Waals surface area contributed by atoms with Gasteiger partial charge in [-0.25, -0.2) is 0 Å². The molecule has 0 aromatic heterocycles. The number of ether oxygens (including phenoxy) is 2. The number of methoxy groups -OCH3 is 1. The van der Waals surface area contributed by atoms with Crippen molar-refractivity contribution in [2.24, 2.45) is 5.92 Å². The predicted molar refractivity (Wildman–Crippen MR) is 133 cm³/mol. The predicted octanol–water partition coefficient (Wildman–Crippen LogP) is 3.28. The van der Waals surface area contributed by atoms with E-state index < -0.39 is 5.97 Å². The molecule has 34 heavy (non-hydrogen) atoms. The second kappa shape index (κ2) is 9.32. The summed E-state index contributed by atoms with van der Waals surface area (Å²) in [7, 11) is 1.87. The van der Waals surface area contributed by atoms with Gasteiger partial charge in [0.2, 0.25) is 0 Å². The van der Waals surface area contributed by atoms with E-state index in [2.05, 4.69) is 16.3 Å². The molecule has 9 heteroatoms. The summed E-state index contributed by atoms with van der Waals surface area (Å²) in [5.41, 5.74) is 1.88. The van der Waals surface area contributed by atoms with Crippen molar-refractivity contribution in [3.8, 4) is 11.5 Å². The molecule has 0 unspecified atom stereocenters. The molecule has 0 radical (unpaired) electrons. The van der Waals surface area contributed by atoms with Crippen molar-refractivity contribution in [3.05, 3.63) is 23.3 Å². The fraction of sp³-hybridized carbons (Fsp3) is 0.720. The average Bonchev–Trinajstić information content (AvgIpc) is 3.52. The highest BCUT2D eigenvalue weighted by atomic mass is 35.5. The molecule has 1 spiro atoms. The number of benzene rings is 1. The molecule has 6 rings (SSSR count). The maximum Gasteiger partial charge on any atom is 0.303 e. The standard InChI is InChI=1S/C25H34N2O5.2ClH/c1-31-25-9-8-17(26-11-2-3-20(29)30)23-24(25)10-12-27(14-15-4-5-15)19(25)13-16-6-7-18(28)22(32-23)21(16)24;;/h6-7,15,17,19,23,26,28H,2-5,8-14H2,1H3,(H,29,30);2*1H/t17-,19-,23+,24+,25-;;/m1../s1. The molecular weight excluding hydrogens is 479 g/mol. The largest absolute Gasteiger partial charge is 0.504 e. The summed E-state index contributed by atoms with van der Waals surface area (Å²) in [4.78, 5) is 13.6. The van der Waals surface area contributed by atoms with E-state index in [4.69, 9.17) is 14.6 Å². The van der Waals surface area contributed by atoms with Gasteiger partial charge in [0.05, 0.1) is 11.0 Å². The van der Waals surface area contributed by atoms with E-state index in [1.165, 1.54) is 24.0 Å². The first-order chi connectivity index (χ1) is 15.5. The van der Waals surface area contributed by atoms with Crippen molar-refractivity contribution < 1.29 is 24.5 Å². The number of carboxylic acid groups (broad SMARTS) is 1. The molecule has 3 aliphatic carbocycles. The van der Waals surface area contributed by atoms with E-state index in [0.717, 1.165) is 44.7 Å². The van der Waals surface area contributed by atoms with Crippen molar-refractivity contribution in [2.75, 3.05) is 26.7 Å². The van der Waals surface area contributed by atoms with Gasteiger partial charge >= 0.3 is 5.97 Å². The van der Waals surface area contributed by atoms with Gasteiger partial charge in [-0.1, -0.05) is 6.07 Å². The lowest BCUT2D eigenvalue weighted by molar-refractivity contribution is -0.207. The normalized spacial score (nSPS) is 34.9. The third-order valence-electron chi connectivity index (χ3n) is 9.06. The number of rotatable bonds is 8. The maximum atomic E-state index is 10.9. The van der Waals surface area contributed by atoms with Crippen LogP contribution in [0.1, 0.15) is 56.1 Å². The summed E-state index contributed by atoms with van der Waals surface area (Å²) in [6.45, 7) is 2.85. The number of aromatic hydroxyl groups is 1. The zero-order valence-electron chi connectivity index (χ0n) is 19.6. The monoisotopic (exact) mass is 514 g/mol. The van der Waals surface area contributed by atoms with Crippen LogP contribution in [-0.4, -0.2) is 71.6 Å². The van der Waals surface area contributed by atoms with Gasteiger partial charge in [-0.3, -0.25) is 9.69 Å². The van der Waals surface area contributed by atoms with Crippen LogP contribution in [0, 0.1) is 5.92 Å². The molecule has 0 amide bonds. The molecule has 1 aromatic carbocycles. The van der Waals surface area contributed by atoms with Gasteiger partial charge in [-0.2, -0.15) is 0 Å². The number of carboxylic acids is 1. The van der Waals surface area contributed by atoms with E-state index in [9.17, 15) is 9.90 Å². The van der Waals surface area contributed by atoms with Gasteiger partial charge in [0.1, 0.15) is 6.10 Å². The number of carbonyl (C=O) groups is 1. The SMILES string of the molecule is CO[C@@]12CC[C@@H](NCCCC(=O)O)[C@@H]3Oc4c(O)ccc5c4[C@@]31CCN(CC1CC1)[C@@H]2C5.Cl.Cl. The Kier molecular flexibility index (Phi) is 7.08. The minimum absolute atomic E-state index is 0. The second-order valence-electron chi connectivity index (χ2n) is 10.6. The summed E-state index contributed by atoms with van der Waals surface area (Å²) in [6.07, 6.45) is 7.11.